The molecule has 0 bridgehead atoms. The van der Waals surface area contributed by atoms with Crippen molar-refractivity contribution in [3.05, 3.63) is 47.0 Å². The predicted molar refractivity (Wildman–Crippen MR) is 70.1 cm³/mol. The molecule has 2 heteroatoms. The minimum Gasteiger partial charge on any atom is -0.314 e. The minimum atomic E-state index is 0.520. The summed E-state index contributed by atoms with van der Waals surface area (Å²) in [6.45, 7) is 6.93. The second-order valence-corrected chi connectivity index (χ2v) is 4.68. The van der Waals surface area contributed by atoms with Crippen molar-refractivity contribution in [3.8, 4) is 0 Å². The molecule has 0 aliphatic heterocycles. The SMILES string of the molecule is C=CCCNC(C)Cc1ccc(Br)cc1. The van der Waals surface area contributed by atoms with Crippen LogP contribution in [0.1, 0.15) is 18.9 Å². The molecule has 1 N–H and O–H groups in total. The average Bonchev–Trinajstić information content (AvgIpc) is 2.22. The van der Waals surface area contributed by atoms with Gasteiger partial charge in [-0.25, -0.2) is 0 Å². The third-order valence-corrected chi connectivity index (χ3v) is 2.83. The van der Waals surface area contributed by atoms with Gasteiger partial charge in [0.15, 0.2) is 0 Å². The quantitative estimate of drug-likeness (QED) is 0.614. The molecule has 15 heavy (non-hydrogen) atoms. The molecule has 0 aromatic heterocycles. The molecule has 1 rings (SSSR count). The first-order valence-electron chi connectivity index (χ1n) is 5.31. The molecule has 1 nitrogen and oxygen atoms in total. The highest BCUT2D eigenvalue weighted by molar-refractivity contribution is 9.10. The summed E-state index contributed by atoms with van der Waals surface area (Å²) in [6.07, 6.45) is 4.05. The molecule has 1 unspecified atom stereocenters. The lowest BCUT2D eigenvalue weighted by atomic mass is 10.1. The van der Waals surface area contributed by atoms with Crippen LogP contribution >= 0.6 is 15.9 Å². The Bertz CT molecular complexity index is 292. The Morgan fingerprint density at radius 3 is 2.67 bits per heavy atom. The Morgan fingerprint density at radius 1 is 1.40 bits per heavy atom. The molecule has 0 radical (unpaired) electrons. The summed E-state index contributed by atoms with van der Waals surface area (Å²) in [5, 5.41) is 3.46. The van der Waals surface area contributed by atoms with Gasteiger partial charge in [0.25, 0.3) is 0 Å². The lowest BCUT2D eigenvalue weighted by Crippen LogP contribution is -2.28. The van der Waals surface area contributed by atoms with Crippen LogP contribution in [0.15, 0.2) is 41.4 Å². The molecule has 0 heterocycles. The van der Waals surface area contributed by atoms with Gasteiger partial charge in [-0.1, -0.05) is 34.1 Å². The maximum absolute atomic E-state index is 3.71. The molecule has 0 aliphatic carbocycles. The standard InChI is InChI=1S/C13H18BrN/c1-3-4-9-15-11(2)10-12-5-7-13(14)8-6-12/h3,5-8,11,15H,1,4,9-10H2,2H3. The molecule has 0 amide bonds. The van der Waals surface area contributed by atoms with E-state index >= 15 is 0 Å². The van der Waals surface area contributed by atoms with Crippen LogP contribution in [0.2, 0.25) is 0 Å². The molecule has 0 fully saturated rings. The molecule has 1 aromatic rings. The van der Waals surface area contributed by atoms with Crippen molar-refractivity contribution in [1.82, 2.24) is 5.32 Å². The Kier molecular flexibility index (Phi) is 5.66. The maximum Gasteiger partial charge on any atom is 0.0175 e. The molecule has 82 valence electrons. The molecule has 0 spiro atoms. The fraction of sp³-hybridized carbons (Fsp3) is 0.385. The van der Waals surface area contributed by atoms with Crippen LogP contribution in [-0.4, -0.2) is 12.6 Å². The highest BCUT2D eigenvalue weighted by Gasteiger charge is 2.01. The van der Waals surface area contributed by atoms with Gasteiger partial charge < -0.3 is 5.32 Å². The summed E-state index contributed by atoms with van der Waals surface area (Å²) < 4.78 is 1.14. The lowest BCUT2D eigenvalue weighted by Gasteiger charge is -2.13. The second-order valence-electron chi connectivity index (χ2n) is 3.76. The van der Waals surface area contributed by atoms with Crippen molar-refractivity contribution in [2.45, 2.75) is 25.8 Å². The van der Waals surface area contributed by atoms with Crippen molar-refractivity contribution < 1.29 is 0 Å². The zero-order valence-corrected chi connectivity index (χ0v) is 10.8. The van der Waals surface area contributed by atoms with E-state index in [0.29, 0.717) is 6.04 Å². The van der Waals surface area contributed by atoms with E-state index < -0.39 is 0 Å². The molecular weight excluding hydrogens is 250 g/mol. The fourth-order valence-electron chi connectivity index (χ4n) is 1.48. The van der Waals surface area contributed by atoms with Crippen LogP contribution in [0.4, 0.5) is 0 Å². The van der Waals surface area contributed by atoms with E-state index in [2.05, 4.69) is 59.0 Å². The number of benzene rings is 1. The summed E-state index contributed by atoms with van der Waals surface area (Å²) in [6, 6.07) is 9.02. The van der Waals surface area contributed by atoms with Crippen molar-refractivity contribution >= 4 is 15.9 Å². The van der Waals surface area contributed by atoms with Crippen molar-refractivity contribution in [2.24, 2.45) is 0 Å². The second kappa shape index (κ2) is 6.81. The molecule has 0 saturated carbocycles. The van der Waals surface area contributed by atoms with Gasteiger partial charge in [0.2, 0.25) is 0 Å². The van der Waals surface area contributed by atoms with Crippen molar-refractivity contribution in [1.29, 1.82) is 0 Å². The first kappa shape index (κ1) is 12.5. The van der Waals surface area contributed by atoms with Gasteiger partial charge >= 0.3 is 0 Å². The Labute approximate surface area is 101 Å². The Morgan fingerprint density at radius 2 is 2.07 bits per heavy atom. The van der Waals surface area contributed by atoms with E-state index in [9.17, 15) is 0 Å². The van der Waals surface area contributed by atoms with E-state index in [0.717, 1.165) is 23.9 Å². The third kappa shape index (κ3) is 5.14. The van der Waals surface area contributed by atoms with Crippen molar-refractivity contribution in [3.63, 3.8) is 0 Å². The number of hydrogen-bond donors (Lipinski definition) is 1. The summed E-state index contributed by atoms with van der Waals surface area (Å²) in [7, 11) is 0. The number of rotatable bonds is 6. The van der Waals surface area contributed by atoms with E-state index in [1.54, 1.807) is 0 Å². The molecular formula is C13H18BrN. The van der Waals surface area contributed by atoms with Crippen LogP contribution < -0.4 is 5.32 Å². The van der Waals surface area contributed by atoms with E-state index in [4.69, 9.17) is 0 Å². The lowest BCUT2D eigenvalue weighted by molar-refractivity contribution is 0.552. The number of nitrogens with one attached hydrogen (secondary N) is 1. The van der Waals surface area contributed by atoms with Gasteiger partial charge in [0, 0.05) is 10.5 Å². The van der Waals surface area contributed by atoms with Crippen LogP contribution in [0.3, 0.4) is 0 Å². The molecule has 0 aliphatic rings. The Hall–Kier alpha value is -0.600. The normalized spacial score (nSPS) is 12.4. The third-order valence-electron chi connectivity index (χ3n) is 2.30. The first-order chi connectivity index (χ1) is 7.22. The average molecular weight is 268 g/mol. The zero-order chi connectivity index (χ0) is 11.1. The van der Waals surface area contributed by atoms with Gasteiger partial charge in [0.1, 0.15) is 0 Å². The van der Waals surface area contributed by atoms with E-state index in [1.807, 2.05) is 6.08 Å². The zero-order valence-electron chi connectivity index (χ0n) is 9.17. The van der Waals surface area contributed by atoms with Crippen LogP contribution in [0.25, 0.3) is 0 Å². The van der Waals surface area contributed by atoms with Gasteiger partial charge in [-0.3, -0.25) is 0 Å². The minimum absolute atomic E-state index is 0.520. The molecule has 1 aromatic carbocycles. The summed E-state index contributed by atoms with van der Waals surface area (Å²) in [5.74, 6) is 0. The van der Waals surface area contributed by atoms with Gasteiger partial charge in [-0.05, 0) is 44.0 Å². The van der Waals surface area contributed by atoms with E-state index in [1.165, 1.54) is 5.56 Å². The van der Waals surface area contributed by atoms with Crippen LogP contribution in [-0.2, 0) is 6.42 Å². The largest absolute Gasteiger partial charge is 0.314 e. The molecule has 0 saturated heterocycles. The van der Waals surface area contributed by atoms with E-state index in [-0.39, 0.29) is 0 Å². The summed E-state index contributed by atoms with van der Waals surface area (Å²) in [5.41, 5.74) is 1.37. The Balaban J connectivity index is 2.34. The van der Waals surface area contributed by atoms with Crippen LogP contribution in [0.5, 0.6) is 0 Å². The summed E-state index contributed by atoms with van der Waals surface area (Å²) in [4.78, 5) is 0. The van der Waals surface area contributed by atoms with Gasteiger partial charge in [-0.15, -0.1) is 6.58 Å². The smallest absolute Gasteiger partial charge is 0.0175 e. The summed E-state index contributed by atoms with van der Waals surface area (Å²) >= 11 is 3.44. The number of halogens is 1. The van der Waals surface area contributed by atoms with Gasteiger partial charge in [-0.2, -0.15) is 0 Å². The highest BCUT2D eigenvalue weighted by Crippen LogP contribution is 2.11. The van der Waals surface area contributed by atoms with Crippen molar-refractivity contribution in [2.75, 3.05) is 6.54 Å². The number of hydrogen-bond acceptors (Lipinski definition) is 1. The monoisotopic (exact) mass is 267 g/mol. The first-order valence-corrected chi connectivity index (χ1v) is 6.10. The molecule has 1 atom stereocenters. The fourth-order valence-corrected chi connectivity index (χ4v) is 1.74. The topological polar surface area (TPSA) is 12.0 Å². The highest BCUT2D eigenvalue weighted by atomic mass is 79.9. The maximum atomic E-state index is 3.71. The van der Waals surface area contributed by atoms with Crippen LogP contribution in [0, 0.1) is 0 Å². The predicted octanol–water partition coefficient (Wildman–Crippen LogP) is 3.55. The van der Waals surface area contributed by atoms with Gasteiger partial charge in [0.05, 0.1) is 0 Å².